The lowest BCUT2D eigenvalue weighted by molar-refractivity contribution is 0.0106. The Morgan fingerprint density at radius 1 is 0.775 bits per heavy atom. The van der Waals surface area contributed by atoms with E-state index >= 15 is 0 Å². The molecule has 40 heavy (non-hydrogen) atoms. The zero-order valence-electron chi connectivity index (χ0n) is 24.2. The summed E-state index contributed by atoms with van der Waals surface area (Å²) in [4.78, 5) is 0. The van der Waals surface area contributed by atoms with Crippen LogP contribution in [0.4, 0.5) is 0 Å². The Bertz CT molecular complexity index is 1340. The summed E-state index contributed by atoms with van der Waals surface area (Å²) in [6.07, 6.45) is 2.08. The highest BCUT2D eigenvalue weighted by Crippen LogP contribution is 2.30. The van der Waals surface area contributed by atoms with Crippen molar-refractivity contribution in [1.29, 1.82) is 0 Å². The lowest BCUT2D eigenvalue weighted by Gasteiger charge is -2.32. The van der Waals surface area contributed by atoms with E-state index in [0.29, 0.717) is 32.3 Å². The Balaban J connectivity index is 1.05. The molecule has 0 amide bonds. The number of nitrogens with one attached hydrogen (secondary N) is 1. The summed E-state index contributed by atoms with van der Waals surface area (Å²) >= 11 is 0. The topological polar surface area (TPSA) is 39.7 Å². The first-order valence-electron chi connectivity index (χ1n) is 14.7. The molecular weight excluding hydrogens is 494 g/mol. The predicted molar refractivity (Wildman–Crippen MR) is 164 cm³/mol. The molecule has 0 saturated carbocycles. The molecule has 1 N–H and O–H groups in total. The average molecular weight is 538 g/mol. The second kappa shape index (κ2) is 13.5. The highest BCUT2D eigenvalue weighted by atomic mass is 16.5. The van der Waals surface area contributed by atoms with E-state index < -0.39 is 0 Å². The molecule has 0 bridgehead atoms. The van der Waals surface area contributed by atoms with Gasteiger partial charge in [0, 0.05) is 18.9 Å². The fourth-order valence-corrected chi connectivity index (χ4v) is 5.37. The molecular formula is C36H43NO3. The highest BCUT2D eigenvalue weighted by molar-refractivity contribution is 5.82. The first kappa shape index (κ1) is 28.4. The van der Waals surface area contributed by atoms with E-state index in [-0.39, 0.29) is 11.5 Å². The summed E-state index contributed by atoms with van der Waals surface area (Å²) in [5.74, 6) is 1.28. The van der Waals surface area contributed by atoms with E-state index in [1.807, 2.05) is 0 Å². The van der Waals surface area contributed by atoms with Crippen molar-refractivity contribution in [3.8, 4) is 5.75 Å². The van der Waals surface area contributed by atoms with E-state index in [1.165, 1.54) is 33.0 Å². The Kier molecular flexibility index (Phi) is 9.53. The van der Waals surface area contributed by atoms with Gasteiger partial charge in [-0.3, -0.25) is 0 Å². The maximum Gasteiger partial charge on any atom is 0.119 e. The summed E-state index contributed by atoms with van der Waals surface area (Å²) in [6.45, 7) is 11.2. The highest BCUT2D eigenvalue weighted by Gasteiger charge is 2.27. The minimum atomic E-state index is 0.147. The van der Waals surface area contributed by atoms with Crippen LogP contribution < -0.4 is 10.1 Å². The van der Waals surface area contributed by atoms with Gasteiger partial charge in [-0.1, -0.05) is 93.6 Å². The Morgan fingerprint density at radius 2 is 1.52 bits per heavy atom. The number of hydrogen-bond acceptors (Lipinski definition) is 4. The van der Waals surface area contributed by atoms with Crippen LogP contribution in [-0.4, -0.2) is 32.4 Å². The summed E-state index contributed by atoms with van der Waals surface area (Å²) in [7, 11) is 0. The molecule has 1 aliphatic heterocycles. The molecule has 0 radical (unpaired) electrons. The molecule has 1 heterocycles. The van der Waals surface area contributed by atoms with Crippen LogP contribution in [0.3, 0.4) is 0 Å². The summed E-state index contributed by atoms with van der Waals surface area (Å²) in [5, 5.41) is 6.04. The second-order valence-electron chi connectivity index (χ2n) is 11.9. The quantitative estimate of drug-likeness (QED) is 0.198. The van der Waals surface area contributed by atoms with Crippen LogP contribution in [0.2, 0.25) is 0 Å². The van der Waals surface area contributed by atoms with E-state index in [9.17, 15) is 0 Å². The first-order valence-corrected chi connectivity index (χ1v) is 14.7. The summed E-state index contributed by atoms with van der Waals surface area (Å²) in [5.41, 5.74) is 5.27. The van der Waals surface area contributed by atoms with Crippen molar-refractivity contribution in [3.05, 3.63) is 113 Å². The molecule has 1 aliphatic rings. The number of hydrogen-bond donors (Lipinski definition) is 1. The molecule has 0 aromatic heterocycles. The van der Waals surface area contributed by atoms with Gasteiger partial charge in [0.1, 0.15) is 5.75 Å². The minimum absolute atomic E-state index is 0.147. The van der Waals surface area contributed by atoms with Crippen molar-refractivity contribution in [2.24, 2.45) is 0 Å². The van der Waals surface area contributed by atoms with Gasteiger partial charge in [0.05, 0.1) is 32.5 Å². The van der Waals surface area contributed by atoms with Crippen LogP contribution in [0.1, 0.15) is 61.8 Å². The van der Waals surface area contributed by atoms with Crippen molar-refractivity contribution < 1.29 is 14.2 Å². The normalized spacial score (nSPS) is 17.7. The lowest BCUT2D eigenvalue weighted by atomic mass is 9.87. The van der Waals surface area contributed by atoms with Crippen molar-refractivity contribution in [2.45, 2.75) is 64.3 Å². The van der Waals surface area contributed by atoms with Crippen LogP contribution in [0.25, 0.3) is 10.8 Å². The van der Waals surface area contributed by atoms with E-state index in [1.54, 1.807) is 0 Å². The molecule has 210 valence electrons. The standard InChI is InChI=1S/C36H43NO3/c1-36(2,3)32-15-10-27(11-16-32)25-38-21-6-22-39-33-17-13-30(14-18-33)34-19-20-37-24-35(34)40-26-28-9-12-29-7-4-5-8-31(29)23-28/h4-5,7-18,23,34-35,37H,6,19-22,24-26H2,1-3H3. The van der Waals surface area contributed by atoms with Gasteiger partial charge in [-0.15, -0.1) is 0 Å². The monoisotopic (exact) mass is 537 g/mol. The molecule has 0 aliphatic carbocycles. The van der Waals surface area contributed by atoms with Gasteiger partial charge in [0.15, 0.2) is 0 Å². The third kappa shape index (κ3) is 7.72. The van der Waals surface area contributed by atoms with Crippen LogP contribution in [0.5, 0.6) is 5.75 Å². The van der Waals surface area contributed by atoms with Crippen LogP contribution in [0.15, 0.2) is 91.0 Å². The number of piperidine rings is 1. The lowest BCUT2D eigenvalue weighted by Crippen LogP contribution is -2.40. The second-order valence-corrected chi connectivity index (χ2v) is 11.9. The van der Waals surface area contributed by atoms with Gasteiger partial charge < -0.3 is 19.5 Å². The van der Waals surface area contributed by atoms with Gasteiger partial charge in [-0.05, 0) is 69.6 Å². The van der Waals surface area contributed by atoms with Crippen molar-refractivity contribution in [2.75, 3.05) is 26.3 Å². The van der Waals surface area contributed by atoms with Crippen molar-refractivity contribution in [3.63, 3.8) is 0 Å². The number of ether oxygens (including phenoxy) is 3. The SMILES string of the molecule is CC(C)(C)c1ccc(COCCCOc2ccc(C3CCNCC3OCc3ccc4ccccc4c3)cc2)cc1. The molecule has 4 aromatic rings. The predicted octanol–water partition coefficient (Wildman–Crippen LogP) is 7.79. The summed E-state index contributed by atoms with van der Waals surface area (Å²) in [6, 6.07) is 32.4. The molecule has 1 fully saturated rings. The van der Waals surface area contributed by atoms with Crippen LogP contribution in [-0.2, 0) is 28.1 Å². The van der Waals surface area contributed by atoms with Crippen molar-refractivity contribution in [1.82, 2.24) is 5.32 Å². The number of benzene rings is 4. The zero-order valence-corrected chi connectivity index (χ0v) is 24.2. The number of rotatable bonds is 11. The molecule has 2 unspecified atom stereocenters. The van der Waals surface area contributed by atoms with Crippen LogP contribution >= 0.6 is 0 Å². The average Bonchev–Trinajstić information content (AvgIpc) is 2.98. The maximum atomic E-state index is 6.46. The first-order chi connectivity index (χ1) is 19.5. The fraction of sp³-hybridized carbons (Fsp3) is 0.389. The van der Waals surface area contributed by atoms with E-state index in [4.69, 9.17) is 14.2 Å². The van der Waals surface area contributed by atoms with E-state index in [0.717, 1.165) is 31.7 Å². The maximum absolute atomic E-state index is 6.46. The van der Waals surface area contributed by atoms with Gasteiger partial charge >= 0.3 is 0 Å². The molecule has 2 atom stereocenters. The number of fused-ring (bicyclic) bond motifs is 1. The summed E-state index contributed by atoms with van der Waals surface area (Å²) < 4.78 is 18.3. The molecule has 4 nitrogen and oxygen atoms in total. The van der Waals surface area contributed by atoms with Crippen molar-refractivity contribution >= 4 is 10.8 Å². The van der Waals surface area contributed by atoms with Gasteiger partial charge in [-0.25, -0.2) is 0 Å². The third-order valence-electron chi connectivity index (χ3n) is 7.80. The van der Waals surface area contributed by atoms with Gasteiger partial charge in [0.2, 0.25) is 0 Å². The molecule has 4 aromatic carbocycles. The Morgan fingerprint density at radius 3 is 2.30 bits per heavy atom. The molecule has 4 heteroatoms. The molecule has 1 saturated heterocycles. The zero-order chi connectivity index (χ0) is 27.8. The molecule has 0 spiro atoms. The Hall–Kier alpha value is -3.18. The fourth-order valence-electron chi connectivity index (χ4n) is 5.37. The van der Waals surface area contributed by atoms with Crippen LogP contribution in [0, 0.1) is 0 Å². The van der Waals surface area contributed by atoms with Gasteiger partial charge in [-0.2, -0.15) is 0 Å². The molecule has 5 rings (SSSR count). The minimum Gasteiger partial charge on any atom is -0.494 e. The smallest absolute Gasteiger partial charge is 0.119 e. The van der Waals surface area contributed by atoms with Gasteiger partial charge in [0.25, 0.3) is 0 Å². The largest absolute Gasteiger partial charge is 0.494 e. The third-order valence-corrected chi connectivity index (χ3v) is 7.80. The van der Waals surface area contributed by atoms with E-state index in [2.05, 4.69) is 117 Å². The Labute approximate surface area is 239 Å².